The Morgan fingerprint density at radius 2 is 0.871 bits per heavy atom. The monoisotopic (exact) mass is 962 g/mol. The van der Waals surface area contributed by atoms with Crippen LogP contribution in [0.4, 0.5) is 0 Å². The molecule has 0 saturated carbocycles. The molecule has 1 heterocycles. The van der Waals surface area contributed by atoms with E-state index in [4.69, 9.17) is 9.47 Å². The van der Waals surface area contributed by atoms with E-state index in [-0.39, 0.29) is 0 Å². The first-order valence-electron chi connectivity index (χ1n) is 26.8. The molecule has 5 aromatic carbocycles. The van der Waals surface area contributed by atoms with E-state index in [1.54, 1.807) is 14.2 Å². The van der Waals surface area contributed by atoms with Crippen LogP contribution >= 0.6 is 11.3 Å². The molecule has 0 amide bonds. The smallest absolute Gasteiger partial charge is 0.122 e. The van der Waals surface area contributed by atoms with Gasteiger partial charge in [0.1, 0.15) is 17.2 Å². The predicted octanol–water partition coefficient (Wildman–Crippen LogP) is 13.3. The number of methoxy groups -OCH3 is 2. The lowest BCUT2D eigenvalue weighted by atomic mass is 9.86. The van der Waals surface area contributed by atoms with Gasteiger partial charge in [0.05, 0.1) is 14.2 Å². The summed E-state index contributed by atoms with van der Waals surface area (Å²) in [7, 11) is 3.58. The average molecular weight is 962 g/mol. The second-order valence-electron chi connectivity index (χ2n) is 19.7. The molecule has 0 bridgehead atoms. The highest BCUT2D eigenvalue weighted by Crippen LogP contribution is 2.34. The zero-order valence-corrected chi connectivity index (χ0v) is 44.1. The normalized spacial score (nSPS) is 17.1. The van der Waals surface area contributed by atoms with Gasteiger partial charge >= 0.3 is 0 Å². The van der Waals surface area contributed by atoms with Gasteiger partial charge in [-0.05, 0) is 190 Å². The van der Waals surface area contributed by atoms with Crippen LogP contribution in [-0.4, -0.2) is 91.4 Å². The minimum absolute atomic E-state index is 0.478. The number of phenols is 1. The van der Waals surface area contributed by atoms with Crippen LogP contribution in [0.15, 0.2) is 133 Å². The lowest BCUT2D eigenvalue weighted by Gasteiger charge is -2.35. The Hall–Kier alpha value is -4.92. The number of benzene rings is 5. The summed E-state index contributed by atoms with van der Waals surface area (Å²) in [5.41, 5.74) is 11.2. The topological polar surface area (TPSA) is 48.4 Å². The van der Waals surface area contributed by atoms with Crippen LogP contribution in [-0.2, 0) is 57.8 Å². The highest BCUT2D eigenvalue weighted by atomic mass is 32.1. The molecule has 0 fully saturated rings. The van der Waals surface area contributed by atoms with E-state index in [0.29, 0.717) is 23.9 Å². The molecule has 0 radical (unpaired) electrons. The molecule has 9 rings (SSSR count). The largest absolute Gasteiger partial charge is 0.508 e. The van der Waals surface area contributed by atoms with Gasteiger partial charge in [-0.25, -0.2) is 0 Å². The van der Waals surface area contributed by atoms with Gasteiger partial charge in [0, 0.05) is 42.6 Å². The Morgan fingerprint density at radius 3 is 1.29 bits per heavy atom. The van der Waals surface area contributed by atoms with Crippen molar-refractivity contribution in [2.45, 2.75) is 135 Å². The van der Waals surface area contributed by atoms with Crippen molar-refractivity contribution in [1.82, 2.24) is 14.7 Å². The molecule has 6 nitrogen and oxygen atoms in total. The molecule has 374 valence electrons. The Bertz CT molecular complexity index is 2380. The van der Waals surface area contributed by atoms with E-state index >= 15 is 0 Å². The summed E-state index contributed by atoms with van der Waals surface area (Å²) in [6, 6.07) is 46.8. The molecule has 3 atom stereocenters. The first-order valence-corrected chi connectivity index (χ1v) is 27.7. The maximum atomic E-state index is 10.2. The second kappa shape index (κ2) is 28.2. The number of rotatable bonds is 20. The standard InChI is InChI=1S/C22H29NO.C21H27NO.C20H27NOS/c1-3-15-23(16-14-18-8-5-4-6-9-18)20-13-12-19-10-7-11-22(24-2)21(19)17-20;1-2-14-22(15-13-17-7-4-3-5-8-17)19-12-11-18-9-6-10-21(23)20(18)16-19;1-3-12-21(13-11-18-7-5-14-23-18)17-10-9-16-6-4-8-20(22-2)19(16)15-17/h4-11,20H,3,12-17H2,1-2H3;3-10,19,23H,2,11-16H2,1H3;4-8,14,17H,3,9-13,15H2,1-2H3/t;;17-/m..1/s1. The molecule has 0 aliphatic heterocycles. The Labute approximate surface area is 426 Å². The molecule has 2 unspecified atom stereocenters. The molecule has 7 heteroatoms. The van der Waals surface area contributed by atoms with Gasteiger partial charge < -0.3 is 14.6 Å². The van der Waals surface area contributed by atoms with Crippen LogP contribution in [0.3, 0.4) is 0 Å². The highest BCUT2D eigenvalue weighted by molar-refractivity contribution is 7.09. The third kappa shape index (κ3) is 15.1. The van der Waals surface area contributed by atoms with Crippen molar-refractivity contribution < 1.29 is 14.6 Å². The molecular weight excluding hydrogens is 879 g/mol. The molecule has 3 aliphatic rings. The van der Waals surface area contributed by atoms with E-state index in [1.165, 1.54) is 127 Å². The summed E-state index contributed by atoms with van der Waals surface area (Å²) in [4.78, 5) is 9.53. The predicted molar refractivity (Wildman–Crippen MR) is 295 cm³/mol. The number of fused-ring (bicyclic) bond motifs is 3. The Balaban J connectivity index is 0.000000155. The van der Waals surface area contributed by atoms with Gasteiger partial charge in [0.15, 0.2) is 0 Å². The number of phenolic OH excluding ortho intramolecular Hbond substituents is 1. The third-order valence-corrected chi connectivity index (χ3v) is 16.0. The number of hydrogen-bond acceptors (Lipinski definition) is 7. The molecule has 0 saturated heterocycles. The van der Waals surface area contributed by atoms with Crippen molar-refractivity contribution in [3.05, 3.63) is 182 Å². The summed E-state index contributed by atoms with van der Waals surface area (Å²) < 4.78 is 11.2. The van der Waals surface area contributed by atoms with Crippen molar-refractivity contribution in [3.8, 4) is 17.2 Å². The number of nitrogens with zero attached hydrogens (tertiary/aromatic N) is 3. The number of hydrogen-bond donors (Lipinski definition) is 1. The van der Waals surface area contributed by atoms with E-state index in [0.717, 1.165) is 69.7 Å². The Kier molecular flexibility index (Phi) is 21.3. The number of thiophene rings is 1. The highest BCUT2D eigenvalue weighted by Gasteiger charge is 2.28. The van der Waals surface area contributed by atoms with Crippen molar-refractivity contribution in [1.29, 1.82) is 0 Å². The molecule has 3 aliphatic carbocycles. The molecule has 70 heavy (non-hydrogen) atoms. The third-order valence-electron chi connectivity index (χ3n) is 15.1. The summed E-state index contributed by atoms with van der Waals surface area (Å²) in [6.07, 6.45) is 17.4. The summed E-state index contributed by atoms with van der Waals surface area (Å²) in [5, 5.41) is 12.4. The van der Waals surface area contributed by atoms with Crippen molar-refractivity contribution in [2.24, 2.45) is 0 Å². The summed E-state index contributed by atoms with van der Waals surface area (Å²) in [5.74, 6) is 2.62. The van der Waals surface area contributed by atoms with Gasteiger partial charge in [0.25, 0.3) is 0 Å². The van der Waals surface area contributed by atoms with Gasteiger partial charge in [0.2, 0.25) is 0 Å². The zero-order chi connectivity index (χ0) is 48.9. The number of aromatic hydroxyl groups is 1. The van der Waals surface area contributed by atoms with E-state index in [9.17, 15) is 5.11 Å². The van der Waals surface area contributed by atoms with Crippen molar-refractivity contribution in [3.63, 3.8) is 0 Å². The first-order chi connectivity index (χ1) is 34.4. The second-order valence-corrected chi connectivity index (χ2v) is 20.7. The van der Waals surface area contributed by atoms with Crippen LogP contribution in [0, 0.1) is 0 Å². The maximum Gasteiger partial charge on any atom is 0.122 e. The number of aryl methyl sites for hydroxylation is 3. The molecule has 0 spiro atoms. The first kappa shape index (κ1) is 52.9. The molecule has 1 N–H and O–H groups in total. The van der Waals surface area contributed by atoms with Crippen LogP contribution in [0.25, 0.3) is 0 Å². The fourth-order valence-corrected chi connectivity index (χ4v) is 12.1. The SMILES string of the molecule is CCCN(CCc1ccccc1)C1CCc2cccc(O)c2C1.CCCN(CCc1ccccc1)C1CCc2cccc(OC)c2C1.CCCN(CCc1cccs1)[C@@H]1CCc2cccc(OC)c2C1. The van der Waals surface area contributed by atoms with Crippen LogP contribution < -0.4 is 9.47 Å². The van der Waals surface area contributed by atoms with E-state index in [1.807, 2.05) is 23.5 Å². The fraction of sp³-hybridized carbons (Fsp3) is 0.460. The molecule has 1 aromatic heterocycles. The van der Waals surface area contributed by atoms with Gasteiger partial charge in [-0.1, -0.05) is 124 Å². The van der Waals surface area contributed by atoms with E-state index < -0.39 is 0 Å². The maximum absolute atomic E-state index is 10.2. The molecular formula is C63H83N3O3S. The minimum atomic E-state index is 0.478. The van der Waals surface area contributed by atoms with Crippen LogP contribution in [0.2, 0.25) is 0 Å². The van der Waals surface area contributed by atoms with Crippen molar-refractivity contribution >= 4 is 11.3 Å². The average Bonchev–Trinajstić information content (AvgIpc) is 3.94. The quantitative estimate of drug-likeness (QED) is 0.0823. The lowest BCUT2D eigenvalue weighted by Crippen LogP contribution is -2.41. The van der Waals surface area contributed by atoms with Crippen molar-refractivity contribution in [2.75, 3.05) is 53.5 Å². The summed E-state index contributed by atoms with van der Waals surface area (Å²) >= 11 is 1.88. The van der Waals surface area contributed by atoms with Gasteiger partial charge in [-0.3, -0.25) is 14.7 Å². The van der Waals surface area contributed by atoms with Gasteiger partial charge in [-0.2, -0.15) is 0 Å². The Morgan fingerprint density at radius 1 is 0.457 bits per heavy atom. The lowest BCUT2D eigenvalue weighted by molar-refractivity contribution is 0.180. The number of ether oxygens (including phenoxy) is 2. The van der Waals surface area contributed by atoms with E-state index in [2.05, 4.69) is 156 Å². The molecule has 6 aromatic rings. The van der Waals surface area contributed by atoms with Crippen LogP contribution in [0.5, 0.6) is 17.2 Å². The fourth-order valence-electron chi connectivity index (χ4n) is 11.4. The van der Waals surface area contributed by atoms with Gasteiger partial charge in [-0.15, -0.1) is 11.3 Å². The van der Waals surface area contributed by atoms with Crippen LogP contribution in [0.1, 0.15) is 109 Å². The minimum Gasteiger partial charge on any atom is -0.508 e. The summed E-state index contributed by atoms with van der Waals surface area (Å²) in [6.45, 7) is 13.8. The zero-order valence-electron chi connectivity index (χ0n) is 43.3.